The second kappa shape index (κ2) is 18.0. The summed E-state index contributed by atoms with van der Waals surface area (Å²) in [5.74, 6) is -2.65. The maximum atomic E-state index is 13.2. The predicted molar refractivity (Wildman–Crippen MR) is 192 cm³/mol. The fourth-order valence-electron chi connectivity index (χ4n) is 5.08. The molecule has 262 valence electrons. The predicted octanol–water partition coefficient (Wildman–Crippen LogP) is 2.58. The molecule has 0 unspecified atom stereocenters. The summed E-state index contributed by atoms with van der Waals surface area (Å²) >= 11 is 0. The SMILES string of the molecule is CC(=O)N[C@H](CCCNC(=O)c1cc(SSc2cc(C(=O)NCCC[C@@H](NC(C)=O)C(N)=O)cc3cccnc23)c2ncccc2c1)C(N)=O. The highest BCUT2D eigenvalue weighted by Crippen LogP contribution is 2.43. The maximum absolute atomic E-state index is 13.2. The first-order valence-electron chi connectivity index (χ1n) is 15.7. The third-order valence-electron chi connectivity index (χ3n) is 7.44. The van der Waals surface area contributed by atoms with Crippen LogP contribution in [0.15, 0.2) is 70.7 Å². The molecule has 4 aromatic rings. The second-order valence-electron chi connectivity index (χ2n) is 11.4. The summed E-state index contributed by atoms with van der Waals surface area (Å²) in [7, 11) is 2.75. The number of fused-ring (bicyclic) bond motifs is 2. The van der Waals surface area contributed by atoms with Crippen LogP contribution in [0.4, 0.5) is 0 Å². The lowest BCUT2D eigenvalue weighted by molar-refractivity contribution is -0.126. The highest BCUT2D eigenvalue weighted by Gasteiger charge is 2.19. The molecule has 0 aliphatic carbocycles. The zero-order valence-corrected chi connectivity index (χ0v) is 29.1. The van der Waals surface area contributed by atoms with Gasteiger partial charge in [0, 0.05) is 71.0 Å². The molecule has 6 amide bonds. The van der Waals surface area contributed by atoms with Crippen LogP contribution in [-0.4, -0.2) is 70.6 Å². The monoisotopic (exact) mass is 718 g/mol. The van der Waals surface area contributed by atoms with E-state index >= 15 is 0 Å². The van der Waals surface area contributed by atoms with Gasteiger partial charge in [-0.3, -0.25) is 38.7 Å². The van der Waals surface area contributed by atoms with Crippen molar-refractivity contribution in [3.05, 3.63) is 72.1 Å². The molecule has 2 aromatic carbocycles. The zero-order chi connectivity index (χ0) is 36.2. The highest BCUT2D eigenvalue weighted by molar-refractivity contribution is 8.76. The van der Waals surface area contributed by atoms with Crippen molar-refractivity contribution >= 4 is 78.8 Å². The van der Waals surface area contributed by atoms with Crippen molar-refractivity contribution in [3.63, 3.8) is 0 Å². The number of amides is 6. The summed E-state index contributed by atoms with van der Waals surface area (Å²) in [6, 6.07) is 12.7. The van der Waals surface area contributed by atoms with E-state index in [9.17, 15) is 28.8 Å². The Kier molecular flexibility index (Phi) is 13.5. The summed E-state index contributed by atoms with van der Waals surface area (Å²) in [5.41, 5.74) is 12.9. The minimum Gasteiger partial charge on any atom is -0.368 e. The topological polar surface area (TPSA) is 228 Å². The molecule has 4 rings (SSSR count). The minimum absolute atomic E-state index is 0.262. The van der Waals surface area contributed by atoms with Gasteiger partial charge in [-0.05, 0) is 62.1 Å². The van der Waals surface area contributed by atoms with Crippen molar-refractivity contribution in [1.29, 1.82) is 0 Å². The summed E-state index contributed by atoms with van der Waals surface area (Å²) in [6.07, 6.45) is 4.74. The molecule has 50 heavy (non-hydrogen) atoms. The van der Waals surface area contributed by atoms with Crippen molar-refractivity contribution in [3.8, 4) is 0 Å². The third-order valence-corrected chi connectivity index (χ3v) is 9.83. The van der Waals surface area contributed by atoms with E-state index in [1.54, 1.807) is 48.8 Å². The number of hydrogen-bond donors (Lipinski definition) is 6. The molecular formula is C34H38N8O6S2. The van der Waals surface area contributed by atoms with Gasteiger partial charge in [0.05, 0.1) is 11.0 Å². The number of pyridine rings is 2. The Hall–Kier alpha value is -5.22. The van der Waals surface area contributed by atoms with Gasteiger partial charge >= 0.3 is 0 Å². The molecule has 8 N–H and O–H groups in total. The van der Waals surface area contributed by atoms with E-state index in [-0.39, 0.29) is 49.6 Å². The fraction of sp³-hybridized carbons (Fsp3) is 0.294. The van der Waals surface area contributed by atoms with E-state index < -0.39 is 23.9 Å². The number of rotatable bonds is 17. The molecule has 0 fully saturated rings. The number of nitrogens with one attached hydrogen (secondary N) is 4. The lowest BCUT2D eigenvalue weighted by atomic mass is 10.1. The molecule has 14 nitrogen and oxygen atoms in total. The summed E-state index contributed by atoms with van der Waals surface area (Å²) in [4.78, 5) is 82.8. The van der Waals surface area contributed by atoms with Gasteiger partial charge in [-0.1, -0.05) is 33.7 Å². The standard InChI is InChI=1S/C34H38N8O6S2/c1-19(43)41-25(31(35)45)9-5-13-39-33(47)23-15-21-7-3-11-37-29(21)27(17-23)49-50-28-18-24(16-22-8-4-12-38-30(22)28)34(48)40-14-6-10-26(32(36)46)42-20(2)44/h3-4,7-8,11-12,15-18,25-26H,5-6,9-10,13-14H2,1-2H3,(H2,35,45)(H2,36,46)(H,39,47)(H,40,48)(H,41,43)(H,42,44)/t25-,26-/m1/s1. The molecule has 0 saturated heterocycles. The van der Waals surface area contributed by atoms with Crippen molar-refractivity contribution in [2.24, 2.45) is 11.5 Å². The number of aromatic nitrogens is 2. The molecule has 2 atom stereocenters. The van der Waals surface area contributed by atoms with Crippen LogP contribution in [0.25, 0.3) is 21.8 Å². The summed E-state index contributed by atoms with van der Waals surface area (Å²) in [5, 5.41) is 12.3. The molecule has 0 bridgehead atoms. The van der Waals surface area contributed by atoms with Crippen LogP contribution >= 0.6 is 21.6 Å². The van der Waals surface area contributed by atoms with Gasteiger partial charge in [0.25, 0.3) is 11.8 Å². The van der Waals surface area contributed by atoms with Gasteiger partial charge in [-0.25, -0.2) is 0 Å². The molecule has 2 aromatic heterocycles. The highest BCUT2D eigenvalue weighted by atomic mass is 33.1. The van der Waals surface area contributed by atoms with Crippen LogP contribution in [0.3, 0.4) is 0 Å². The van der Waals surface area contributed by atoms with Gasteiger partial charge in [-0.2, -0.15) is 0 Å². The van der Waals surface area contributed by atoms with Crippen LogP contribution in [-0.2, 0) is 19.2 Å². The number of carbonyl (C=O) groups is 6. The largest absolute Gasteiger partial charge is 0.368 e. The van der Waals surface area contributed by atoms with Crippen molar-refractivity contribution in [2.45, 2.75) is 61.4 Å². The van der Waals surface area contributed by atoms with Gasteiger partial charge in [0.1, 0.15) is 12.1 Å². The summed E-state index contributed by atoms with van der Waals surface area (Å²) in [6.45, 7) is 3.13. The first kappa shape index (κ1) is 37.6. The number of nitrogens with zero attached hydrogens (tertiary/aromatic N) is 2. The van der Waals surface area contributed by atoms with E-state index in [1.165, 1.54) is 35.4 Å². The zero-order valence-electron chi connectivity index (χ0n) is 27.5. The van der Waals surface area contributed by atoms with Crippen molar-refractivity contribution < 1.29 is 28.8 Å². The Morgan fingerprint density at radius 3 is 1.42 bits per heavy atom. The lowest BCUT2D eigenvalue weighted by Gasteiger charge is -2.15. The van der Waals surface area contributed by atoms with Crippen LogP contribution in [0.5, 0.6) is 0 Å². The number of benzene rings is 2. The number of hydrogen-bond acceptors (Lipinski definition) is 10. The van der Waals surface area contributed by atoms with E-state index in [2.05, 4.69) is 31.2 Å². The Morgan fingerprint density at radius 1 is 0.660 bits per heavy atom. The van der Waals surface area contributed by atoms with E-state index in [0.29, 0.717) is 35.0 Å². The number of nitrogens with two attached hydrogens (primary N) is 2. The lowest BCUT2D eigenvalue weighted by Crippen LogP contribution is -2.43. The Balaban J connectivity index is 1.47. The van der Waals surface area contributed by atoms with Gasteiger partial charge in [0.2, 0.25) is 23.6 Å². The van der Waals surface area contributed by atoms with Gasteiger partial charge < -0.3 is 32.7 Å². The normalized spacial score (nSPS) is 12.1. The number of carbonyl (C=O) groups excluding carboxylic acids is 6. The van der Waals surface area contributed by atoms with Crippen LogP contribution in [0.2, 0.25) is 0 Å². The average Bonchev–Trinajstić information content (AvgIpc) is 3.08. The van der Waals surface area contributed by atoms with Crippen LogP contribution in [0.1, 0.15) is 60.2 Å². The van der Waals surface area contributed by atoms with E-state index in [1.807, 2.05) is 12.1 Å². The van der Waals surface area contributed by atoms with Crippen LogP contribution in [0, 0.1) is 0 Å². The van der Waals surface area contributed by atoms with Crippen molar-refractivity contribution in [1.82, 2.24) is 31.2 Å². The molecule has 2 heterocycles. The second-order valence-corrected chi connectivity index (χ2v) is 13.6. The van der Waals surface area contributed by atoms with E-state index in [0.717, 1.165) is 20.6 Å². The maximum Gasteiger partial charge on any atom is 0.251 e. The van der Waals surface area contributed by atoms with E-state index in [4.69, 9.17) is 11.5 Å². The van der Waals surface area contributed by atoms with Gasteiger partial charge in [0.15, 0.2) is 0 Å². The van der Waals surface area contributed by atoms with Crippen molar-refractivity contribution in [2.75, 3.05) is 13.1 Å². The molecule has 0 aliphatic heterocycles. The first-order chi connectivity index (χ1) is 23.9. The van der Waals surface area contributed by atoms with Crippen LogP contribution < -0.4 is 32.7 Å². The average molecular weight is 719 g/mol. The third kappa shape index (κ3) is 10.6. The Bertz CT molecular complexity index is 1790. The molecule has 0 aliphatic rings. The molecule has 0 spiro atoms. The Morgan fingerprint density at radius 2 is 1.06 bits per heavy atom. The smallest absolute Gasteiger partial charge is 0.251 e. The first-order valence-corrected chi connectivity index (χ1v) is 17.9. The molecular weight excluding hydrogens is 681 g/mol. The molecule has 16 heteroatoms. The minimum atomic E-state index is -0.816. The fourth-order valence-corrected chi connectivity index (χ4v) is 7.41. The summed E-state index contributed by atoms with van der Waals surface area (Å²) < 4.78 is 0. The van der Waals surface area contributed by atoms with Gasteiger partial charge in [-0.15, -0.1) is 0 Å². The Labute approximate surface area is 296 Å². The molecule has 0 radical (unpaired) electrons. The molecule has 0 saturated carbocycles. The quantitative estimate of drug-likeness (QED) is 0.0691. The number of primary amides is 2.